The minimum atomic E-state index is -4.62. The maximum Gasteiger partial charge on any atom is 0.312 e. The van der Waals surface area contributed by atoms with Gasteiger partial charge in [-0.25, -0.2) is 23.1 Å². The van der Waals surface area contributed by atoms with Crippen molar-refractivity contribution in [2.24, 2.45) is 11.3 Å². The Kier molecular flexibility index (Phi) is 11.1. The predicted molar refractivity (Wildman–Crippen MR) is 243 cm³/mol. The second kappa shape index (κ2) is 16.8. The molecule has 1 atom stereocenters. The molecule has 5 heterocycles. The Morgan fingerprint density at radius 1 is 0.953 bits per heavy atom. The van der Waals surface area contributed by atoms with Gasteiger partial charge < -0.3 is 25.0 Å². The number of benzene rings is 2. The molecule has 16 heteroatoms. The lowest BCUT2D eigenvalue weighted by atomic mass is 9.59. The molecule has 336 valence electrons. The highest BCUT2D eigenvalue weighted by Crippen LogP contribution is 2.55. The van der Waals surface area contributed by atoms with Crippen molar-refractivity contribution in [1.29, 1.82) is 0 Å². The van der Waals surface area contributed by atoms with Crippen LogP contribution in [0, 0.1) is 21.4 Å². The van der Waals surface area contributed by atoms with Gasteiger partial charge in [-0.2, -0.15) is 0 Å². The molecule has 5 fully saturated rings. The van der Waals surface area contributed by atoms with E-state index in [1.807, 2.05) is 12.1 Å². The van der Waals surface area contributed by atoms with Crippen LogP contribution in [-0.4, -0.2) is 82.0 Å². The third kappa shape index (κ3) is 8.66. The number of piperidine rings is 1. The zero-order chi connectivity index (χ0) is 44.2. The lowest BCUT2D eigenvalue weighted by Gasteiger charge is -2.56. The number of amides is 1. The quantitative estimate of drug-likeness (QED) is 0.0650. The summed E-state index contributed by atoms with van der Waals surface area (Å²) in [5.74, 6) is 0.381. The van der Waals surface area contributed by atoms with E-state index in [0.29, 0.717) is 48.3 Å². The fourth-order valence-electron chi connectivity index (χ4n) is 10.9. The van der Waals surface area contributed by atoms with Gasteiger partial charge in [-0.1, -0.05) is 24.3 Å². The molecule has 2 saturated heterocycles. The zero-order valence-corrected chi connectivity index (χ0v) is 37.0. The first-order valence-corrected chi connectivity index (χ1v) is 24.3. The highest BCUT2D eigenvalue weighted by molar-refractivity contribution is 7.90. The lowest BCUT2D eigenvalue weighted by Crippen LogP contribution is -2.54. The molecule has 2 aromatic carbocycles. The number of sulfonamides is 1. The number of likely N-dealkylation sites (tertiary alicyclic amines) is 1. The first-order chi connectivity index (χ1) is 30.8. The van der Waals surface area contributed by atoms with Crippen molar-refractivity contribution in [3.05, 3.63) is 106 Å². The van der Waals surface area contributed by atoms with Gasteiger partial charge in [0.05, 0.1) is 28.5 Å². The monoisotopic (exact) mass is 888 g/mol. The molecule has 15 nitrogen and oxygen atoms in total. The van der Waals surface area contributed by atoms with Gasteiger partial charge in [-0.3, -0.25) is 19.8 Å². The predicted octanol–water partition coefficient (Wildman–Crippen LogP) is 8.59. The molecular weight excluding hydrogens is 833 g/mol. The summed E-state index contributed by atoms with van der Waals surface area (Å²) in [4.78, 5) is 41.6. The van der Waals surface area contributed by atoms with Crippen molar-refractivity contribution in [1.82, 2.24) is 24.6 Å². The Balaban J connectivity index is 0.833. The van der Waals surface area contributed by atoms with Gasteiger partial charge in [0.2, 0.25) is 5.82 Å². The Morgan fingerprint density at radius 3 is 2.47 bits per heavy atom. The number of hydrogen-bond donors (Lipinski definition) is 4. The van der Waals surface area contributed by atoms with E-state index in [0.717, 1.165) is 68.0 Å². The van der Waals surface area contributed by atoms with Gasteiger partial charge in [-0.15, -0.1) is 0 Å². The molecule has 10 rings (SSSR count). The second-order valence-corrected chi connectivity index (χ2v) is 21.0. The summed E-state index contributed by atoms with van der Waals surface area (Å²) in [6.07, 6.45) is 16.7. The first-order valence-electron chi connectivity index (χ1n) is 22.8. The highest BCUT2D eigenvalue weighted by Gasteiger charge is 2.50. The molecule has 0 bridgehead atoms. The minimum absolute atomic E-state index is 0.0348. The first kappa shape index (κ1) is 42.4. The van der Waals surface area contributed by atoms with Crippen LogP contribution in [0.1, 0.15) is 117 Å². The number of pyridine rings is 2. The van der Waals surface area contributed by atoms with Crippen LogP contribution in [0.5, 0.6) is 11.5 Å². The molecule has 3 aromatic heterocycles. The summed E-state index contributed by atoms with van der Waals surface area (Å²) in [5, 5.41) is 26.2. The van der Waals surface area contributed by atoms with Crippen LogP contribution >= 0.6 is 0 Å². The van der Waals surface area contributed by atoms with Crippen molar-refractivity contribution in [3.63, 3.8) is 0 Å². The van der Waals surface area contributed by atoms with Crippen LogP contribution < -0.4 is 19.7 Å². The van der Waals surface area contributed by atoms with Crippen molar-refractivity contribution >= 4 is 44.2 Å². The topological polar surface area (TPSA) is 196 Å². The van der Waals surface area contributed by atoms with Gasteiger partial charge >= 0.3 is 5.69 Å². The summed E-state index contributed by atoms with van der Waals surface area (Å²) >= 11 is 0. The summed E-state index contributed by atoms with van der Waals surface area (Å²) in [5.41, 5.74) is 3.67. The average Bonchev–Trinajstić information content (AvgIpc) is 3.82. The second-order valence-electron chi connectivity index (χ2n) is 19.3. The van der Waals surface area contributed by atoms with E-state index < -0.39 is 37.0 Å². The fourth-order valence-corrected chi connectivity index (χ4v) is 11.8. The summed E-state index contributed by atoms with van der Waals surface area (Å²) in [6, 6.07) is 20.0. The number of ether oxygens (including phenoxy) is 1. The molecule has 64 heavy (non-hydrogen) atoms. The van der Waals surface area contributed by atoms with Gasteiger partial charge in [0.1, 0.15) is 22.0 Å². The number of aromatic amines is 1. The average molecular weight is 889 g/mol. The molecule has 5 aromatic rings. The summed E-state index contributed by atoms with van der Waals surface area (Å²) in [7, 11) is -4.62. The number of anilines is 2. The van der Waals surface area contributed by atoms with E-state index in [1.165, 1.54) is 51.3 Å². The number of aliphatic hydroxyl groups is 1. The van der Waals surface area contributed by atoms with Crippen LogP contribution in [-0.2, 0) is 10.0 Å². The van der Waals surface area contributed by atoms with Gasteiger partial charge in [0.15, 0.2) is 0 Å². The molecule has 0 unspecified atom stereocenters. The molecule has 5 aliphatic rings. The number of aromatic nitrogens is 3. The Hall–Kier alpha value is -5.58. The number of hydrogen-bond acceptors (Lipinski definition) is 12. The Bertz CT molecular complexity index is 2670. The van der Waals surface area contributed by atoms with Crippen molar-refractivity contribution in [2.45, 2.75) is 112 Å². The van der Waals surface area contributed by atoms with E-state index in [2.05, 4.69) is 59.1 Å². The normalized spacial score (nSPS) is 23.8. The van der Waals surface area contributed by atoms with Crippen LogP contribution in [0.2, 0.25) is 0 Å². The Morgan fingerprint density at radius 2 is 1.72 bits per heavy atom. The van der Waals surface area contributed by atoms with E-state index in [4.69, 9.17) is 4.74 Å². The highest BCUT2D eigenvalue weighted by atomic mass is 32.2. The molecule has 0 radical (unpaired) electrons. The third-order valence-corrected chi connectivity index (χ3v) is 16.1. The van der Waals surface area contributed by atoms with Crippen LogP contribution in [0.3, 0.4) is 0 Å². The smallest absolute Gasteiger partial charge is 0.312 e. The number of H-pyrrole nitrogens is 1. The summed E-state index contributed by atoms with van der Waals surface area (Å²) < 4.78 is 35.8. The van der Waals surface area contributed by atoms with Crippen molar-refractivity contribution in [3.8, 4) is 11.5 Å². The molecule has 1 spiro atoms. The molecule has 3 saturated carbocycles. The lowest BCUT2D eigenvalue weighted by molar-refractivity contribution is -0.384. The largest absolute Gasteiger partial charge is 0.455 e. The maximum atomic E-state index is 14.0. The number of nitro groups is 1. The number of nitrogens with one attached hydrogen (secondary N) is 3. The zero-order valence-electron chi connectivity index (χ0n) is 36.2. The standard InChI is InChI=1S/C48H56N8O7S/c1-47(58)15-12-31(13-16-47)28-50-45-42(56(59)60)25-37(30-52-45)64(61,62)53-46(57)40-11-10-34(24-43(40)63-36-23-33-14-19-49-44(33)51-29-36)54-21-17-48(18-22-54)26-35(27-48)55-20-4-7-41(55)39-6-3-2-5-38(39)32-8-9-32/h2-3,5-6,10-11,14,19,23-25,29-32,35,41,58H,4,7-9,12-13,15-18,20-22,26-28H2,1H3,(H,49,51)(H,50,52)(H,53,57)/t31-,41-,47-/m0/s1. The summed E-state index contributed by atoms with van der Waals surface area (Å²) in [6.45, 7) is 5.04. The van der Waals surface area contributed by atoms with Crippen LogP contribution in [0.4, 0.5) is 17.2 Å². The minimum Gasteiger partial charge on any atom is -0.455 e. The van der Waals surface area contributed by atoms with Gasteiger partial charge in [0.25, 0.3) is 15.9 Å². The van der Waals surface area contributed by atoms with E-state index in [9.17, 15) is 28.4 Å². The number of carbonyl (C=O) groups excluding carboxylic acids is 1. The van der Waals surface area contributed by atoms with Gasteiger partial charge in [0, 0.05) is 61.1 Å². The molecule has 1 amide bonds. The molecule has 2 aliphatic heterocycles. The molecular formula is C48H56N8O7S. The molecule has 3 aliphatic carbocycles. The van der Waals surface area contributed by atoms with Crippen molar-refractivity contribution in [2.75, 3.05) is 36.4 Å². The maximum absolute atomic E-state index is 14.0. The van der Waals surface area contributed by atoms with Gasteiger partial charge in [-0.05, 0) is 143 Å². The van der Waals surface area contributed by atoms with Crippen LogP contribution in [0.15, 0.2) is 84.1 Å². The molecule has 4 N–H and O–H groups in total. The SMILES string of the molecule is C[C@]1(O)CC[C@H](CNc2ncc(S(=O)(=O)NC(=O)c3ccc(N4CCC5(CC4)CC(N4CCC[C@H]4c4ccccc4C4CC4)C5)cc3Oc3cnc4[nH]ccc4c3)cc2[N+](=O)[O-])CC1. The van der Waals surface area contributed by atoms with Crippen LogP contribution in [0.25, 0.3) is 11.0 Å². The number of rotatable bonds is 13. The van der Waals surface area contributed by atoms with E-state index in [-0.39, 0.29) is 23.0 Å². The van der Waals surface area contributed by atoms with E-state index in [1.54, 1.807) is 42.4 Å². The van der Waals surface area contributed by atoms with Crippen molar-refractivity contribution < 1.29 is 28.0 Å². The number of carbonyl (C=O) groups is 1. The third-order valence-electron chi connectivity index (χ3n) is 14.8. The number of fused-ring (bicyclic) bond motifs is 1. The number of nitrogens with zero attached hydrogens (tertiary/aromatic N) is 5. The Labute approximate surface area is 373 Å². The fraction of sp³-hybridized carbons (Fsp3) is 0.479. The van der Waals surface area contributed by atoms with E-state index >= 15 is 0 Å².